The molecule has 1 aliphatic rings. The van der Waals surface area contributed by atoms with Crippen molar-refractivity contribution >= 4 is 39.6 Å². The van der Waals surface area contributed by atoms with Crippen molar-refractivity contribution in [2.75, 3.05) is 5.73 Å². The largest absolute Gasteiger partial charge is 0.456 e. The molecule has 0 unspecified atom stereocenters. The number of rotatable bonds is 3. The summed E-state index contributed by atoms with van der Waals surface area (Å²) in [7, 11) is 0. The van der Waals surface area contributed by atoms with Gasteiger partial charge in [-0.1, -0.05) is 17.7 Å². The molecule has 2 aromatic heterocycles. The van der Waals surface area contributed by atoms with Crippen molar-refractivity contribution in [3.63, 3.8) is 0 Å². The Morgan fingerprint density at radius 2 is 2.15 bits per heavy atom. The molecule has 8 heteroatoms. The van der Waals surface area contributed by atoms with Crippen molar-refractivity contribution in [1.29, 1.82) is 0 Å². The van der Waals surface area contributed by atoms with E-state index >= 15 is 0 Å². The first-order valence-electron chi connectivity index (χ1n) is 8.29. The van der Waals surface area contributed by atoms with E-state index < -0.39 is 5.97 Å². The third kappa shape index (κ3) is 2.97. The van der Waals surface area contributed by atoms with Crippen LogP contribution in [0.4, 0.5) is 5.69 Å². The number of nitrogens with two attached hydrogens (primary N) is 1. The summed E-state index contributed by atoms with van der Waals surface area (Å²) in [6.07, 6.45) is 4.12. The fourth-order valence-electron chi connectivity index (χ4n) is 3.15. The molecule has 0 atom stereocenters. The Balaban J connectivity index is 1.59. The summed E-state index contributed by atoms with van der Waals surface area (Å²) in [4.78, 5) is 31.1. The molecular formula is C18H16ClN3O3S. The van der Waals surface area contributed by atoms with Crippen LogP contribution in [0, 0.1) is 0 Å². The summed E-state index contributed by atoms with van der Waals surface area (Å²) in [5, 5.41) is 0.293. The van der Waals surface area contributed by atoms with E-state index in [1.165, 1.54) is 22.3 Å². The Kier molecular flexibility index (Phi) is 4.42. The molecule has 134 valence electrons. The zero-order chi connectivity index (χ0) is 18.3. The molecule has 2 heterocycles. The lowest BCUT2D eigenvalue weighted by molar-refractivity contribution is 0.0469. The number of hydrogen-bond acceptors (Lipinski definition) is 6. The third-order valence-corrected chi connectivity index (χ3v) is 5.91. The quantitative estimate of drug-likeness (QED) is 0.549. The predicted octanol–water partition coefficient (Wildman–Crippen LogP) is 3.23. The van der Waals surface area contributed by atoms with Gasteiger partial charge in [-0.15, -0.1) is 11.3 Å². The van der Waals surface area contributed by atoms with Gasteiger partial charge in [0.1, 0.15) is 6.61 Å². The predicted molar refractivity (Wildman–Crippen MR) is 101 cm³/mol. The monoisotopic (exact) mass is 389 g/mol. The molecule has 3 aromatic rings. The number of carbonyl (C=O) groups excluding carboxylic acids is 1. The second-order valence-electron chi connectivity index (χ2n) is 6.16. The zero-order valence-corrected chi connectivity index (χ0v) is 15.4. The van der Waals surface area contributed by atoms with E-state index in [0.29, 0.717) is 15.7 Å². The fraction of sp³-hybridized carbons (Fsp3) is 0.278. The number of ether oxygens (including phenoxy) is 1. The van der Waals surface area contributed by atoms with E-state index in [1.54, 1.807) is 22.6 Å². The first-order chi connectivity index (χ1) is 12.5. The Labute approximate surface area is 158 Å². The molecule has 0 aliphatic heterocycles. The van der Waals surface area contributed by atoms with Crippen LogP contribution in [0.1, 0.15) is 39.5 Å². The van der Waals surface area contributed by atoms with Gasteiger partial charge in [-0.25, -0.2) is 9.78 Å². The van der Waals surface area contributed by atoms with Crippen LogP contribution in [0.5, 0.6) is 0 Å². The number of halogens is 1. The van der Waals surface area contributed by atoms with E-state index in [9.17, 15) is 9.59 Å². The maximum absolute atomic E-state index is 12.5. The molecule has 0 saturated heterocycles. The molecule has 0 bridgehead atoms. The molecular weight excluding hydrogens is 374 g/mol. The molecule has 26 heavy (non-hydrogen) atoms. The van der Waals surface area contributed by atoms with Crippen LogP contribution in [0.15, 0.2) is 29.1 Å². The van der Waals surface area contributed by atoms with Crippen LogP contribution in [0.3, 0.4) is 0 Å². The van der Waals surface area contributed by atoms with Crippen LogP contribution in [0.25, 0.3) is 4.96 Å². The van der Waals surface area contributed by atoms with Crippen LogP contribution >= 0.6 is 22.9 Å². The number of thiazole rings is 1. The summed E-state index contributed by atoms with van der Waals surface area (Å²) in [6.45, 7) is -0.0981. The third-order valence-electron chi connectivity index (χ3n) is 4.44. The van der Waals surface area contributed by atoms with Gasteiger partial charge in [0.05, 0.1) is 22.0 Å². The van der Waals surface area contributed by atoms with Crippen molar-refractivity contribution in [2.24, 2.45) is 0 Å². The van der Waals surface area contributed by atoms with Gasteiger partial charge in [-0.2, -0.15) is 0 Å². The second-order valence-corrected chi connectivity index (χ2v) is 7.63. The Morgan fingerprint density at radius 1 is 1.35 bits per heavy atom. The van der Waals surface area contributed by atoms with Crippen molar-refractivity contribution in [3.8, 4) is 0 Å². The molecule has 0 spiro atoms. The second kappa shape index (κ2) is 6.74. The summed E-state index contributed by atoms with van der Waals surface area (Å²) in [5.74, 6) is -0.600. The van der Waals surface area contributed by atoms with Gasteiger partial charge in [-0.05, 0) is 37.8 Å². The molecule has 0 radical (unpaired) electrons. The standard InChI is InChI=1S/C18H16ClN3O3S/c19-12-5-3-4-11(16(12)20)17(24)25-9-10-8-15(23)22-13-6-1-2-7-14(13)26-18(22)21-10/h3-5,8H,1-2,6-7,9,20H2. The van der Waals surface area contributed by atoms with Gasteiger partial charge < -0.3 is 10.5 Å². The van der Waals surface area contributed by atoms with Crippen molar-refractivity contribution in [2.45, 2.75) is 32.3 Å². The normalized spacial score (nSPS) is 13.6. The molecule has 1 aromatic carbocycles. The maximum Gasteiger partial charge on any atom is 0.340 e. The number of benzene rings is 1. The lowest BCUT2D eigenvalue weighted by Crippen LogP contribution is -2.18. The molecule has 0 fully saturated rings. The number of anilines is 1. The number of hydrogen-bond donors (Lipinski definition) is 1. The van der Waals surface area contributed by atoms with Crippen LogP contribution in [-0.2, 0) is 24.2 Å². The SMILES string of the molecule is Nc1c(Cl)cccc1C(=O)OCc1cc(=O)n2c3c(sc2n1)CCCC3. The lowest BCUT2D eigenvalue weighted by atomic mass is 10.0. The van der Waals surface area contributed by atoms with E-state index in [2.05, 4.69) is 4.98 Å². The highest BCUT2D eigenvalue weighted by Gasteiger charge is 2.19. The summed E-state index contributed by atoms with van der Waals surface area (Å²) >= 11 is 7.46. The van der Waals surface area contributed by atoms with Gasteiger partial charge in [0, 0.05) is 16.6 Å². The fourth-order valence-corrected chi connectivity index (χ4v) is 4.55. The van der Waals surface area contributed by atoms with Crippen LogP contribution < -0.4 is 11.3 Å². The first kappa shape index (κ1) is 17.1. The summed E-state index contributed by atoms with van der Waals surface area (Å²) in [5.41, 5.74) is 7.53. The van der Waals surface area contributed by atoms with Crippen molar-refractivity contribution in [1.82, 2.24) is 9.38 Å². The van der Waals surface area contributed by atoms with Crippen LogP contribution in [-0.4, -0.2) is 15.4 Å². The highest BCUT2D eigenvalue weighted by Crippen LogP contribution is 2.28. The van der Waals surface area contributed by atoms with Crippen molar-refractivity contribution in [3.05, 3.63) is 61.5 Å². The summed E-state index contributed by atoms with van der Waals surface area (Å²) in [6, 6.07) is 6.19. The van der Waals surface area contributed by atoms with E-state index in [1.807, 2.05) is 0 Å². The topological polar surface area (TPSA) is 86.7 Å². The maximum atomic E-state index is 12.5. The Morgan fingerprint density at radius 3 is 3.00 bits per heavy atom. The number of carbonyl (C=O) groups is 1. The highest BCUT2D eigenvalue weighted by molar-refractivity contribution is 7.17. The lowest BCUT2D eigenvalue weighted by Gasteiger charge is -2.10. The molecule has 4 rings (SSSR count). The smallest absolute Gasteiger partial charge is 0.340 e. The number of esters is 1. The molecule has 6 nitrogen and oxygen atoms in total. The average molecular weight is 390 g/mol. The highest BCUT2D eigenvalue weighted by atomic mass is 35.5. The van der Waals surface area contributed by atoms with Crippen LogP contribution in [0.2, 0.25) is 5.02 Å². The minimum Gasteiger partial charge on any atom is -0.456 e. The van der Waals surface area contributed by atoms with E-state index in [4.69, 9.17) is 22.1 Å². The number of para-hydroxylation sites is 1. The number of nitrogen functional groups attached to an aromatic ring is 1. The van der Waals surface area contributed by atoms with Gasteiger partial charge in [0.25, 0.3) is 5.56 Å². The van der Waals surface area contributed by atoms with Gasteiger partial charge in [-0.3, -0.25) is 9.20 Å². The average Bonchev–Trinajstić information content (AvgIpc) is 3.01. The molecule has 0 amide bonds. The minimum absolute atomic E-state index is 0.0981. The van der Waals surface area contributed by atoms with E-state index in [-0.39, 0.29) is 23.4 Å². The van der Waals surface area contributed by atoms with E-state index in [0.717, 1.165) is 31.4 Å². The Hall–Kier alpha value is -2.38. The Bertz CT molecular complexity index is 1070. The summed E-state index contributed by atoms with van der Waals surface area (Å²) < 4.78 is 6.95. The number of fused-ring (bicyclic) bond motifs is 3. The molecule has 1 aliphatic carbocycles. The minimum atomic E-state index is -0.600. The van der Waals surface area contributed by atoms with Gasteiger partial charge in [0.2, 0.25) is 0 Å². The van der Waals surface area contributed by atoms with Gasteiger partial charge in [0.15, 0.2) is 4.96 Å². The zero-order valence-electron chi connectivity index (χ0n) is 13.8. The van der Waals surface area contributed by atoms with Gasteiger partial charge >= 0.3 is 5.97 Å². The number of nitrogens with zero attached hydrogens (tertiary/aromatic N) is 2. The number of aryl methyl sites for hydroxylation is 2. The van der Waals surface area contributed by atoms with Crippen molar-refractivity contribution < 1.29 is 9.53 Å². The number of aromatic nitrogens is 2. The molecule has 0 saturated carbocycles. The molecule has 2 N–H and O–H groups in total. The first-order valence-corrected chi connectivity index (χ1v) is 9.48.